The van der Waals surface area contributed by atoms with Crippen LogP contribution in [0.15, 0.2) is 36.5 Å². The number of aryl methyl sites for hydroxylation is 2. The van der Waals surface area contributed by atoms with Gasteiger partial charge in [-0.2, -0.15) is 5.10 Å². The lowest BCUT2D eigenvalue weighted by molar-refractivity contribution is -0.130. The molecule has 28 heavy (non-hydrogen) atoms. The van der Waals surface area contributed by atoms with E-state index in [9.17, 15) is 4.79 Å². The lowest BCUT2D eigenvalue weighted by Gasteiger charge is -2.27. The summed E-state index contributed by atoms with van der Waals surface area (Å²) < 4.78 is 7.13. The molecule has 2 aliphatic rings. The van der Waals surface area contributed by atoms with Gasteiger partial charge in [0.1, 0.15) is 5.75 Å². The van der Waals surface area contributed by atoms with Crippen molar-refractivity contribution in [3.05, 3.63) is 47.8 Å². The fourth-order valence-corrected chi connectivity index (χ4v) is 4.80. The number of carbonyl (C=O) groups is 1. The third kappa shape index (κ3) is 3.89. The van der Waals surface area contributed by atoms with Gasteiger partial charge in [0, 0.05) is 57.0 Å². The van der Waals surface area contributed by atoms with Crippen LogP contribution in [0.25, 0.3) is 0 Å². The molecule has 2 aromatic rings. The summed E-state index contributed by atoms with van der Waals surface area (Å²) in [5, 5.41) is 4.18. The van der Waals surface area contributed by atoms with E-state index < -0.39 is 0 Å². The fraction of sp³-hybridized carbons (Fsp3) is 0.524. The molecule has 0 bridgehead atoms. The maximum absolute atomic E-state index is 12.8. The summed E-state index contributed by atoms with van der Waals surface area (Å²) in [5.41, 5.74) is 2.42. The molecular weight excluding hydrogens is 376 g/mol. The van der Waals surface area contributed by atoms with E-state index in [-0.39, 0.29) is 18.3 Å². The molecule has 152 valence electrons. The Labute approximate surface area is 172 Å². The normalized spacial score (nSPS) is 24.1. The molecule has 1 amide bonds. The van der Waals surface area contributed by atoms with Crippen LogP contribution in [0, 0.1) is 11.8 Å². The number of hydrogen-bond acceptors (Lipinski definition) is 4. The molecule has 0 aliphatic carbocycles. The highest BCUT2D eigenvalue weighted by atomic mass is 35.5. The number of aromatic nitrogens is 2. The van der Waals surface area contributed by atoms with Gasteiger partial charge < -0.3 is 9.64 Å². The van der Waals surface area contributed by atoms with Crippen molar-refractivity contribution >= 4 is 18.3 Å². The largest absolute Gasteiger partial charge is 0.497 e. The van der Waals surface area contributed by atoms with Gasteiger partial charge in [-0.15, -0.1) is 12.4 Å². The first-order chi connectivity index (χ1) is 13.1. The zero-order valence-corrected chi connectivity index (χ0v) is 17.6. The predicted molar refractivity (Wildman–Crippen MR) is 111 cm³/mol. The molecule has 0 spiro atoms. The molecule has 0 N–H and O–H groups in total. The van der Waals surface area contributed by atoms with Crippen molar-refractivity contribution in [2.45, 2.75) is 18.9 Å². The van der Waals surface area contributed by atoms with Crippen LogP contribution < -0.4 is 4.74 Å². The Morgan fingerprint density at radius 3 is 2.54 bits per heavy atom. The Morgan fingerprint density at radius 2 is 1.89 bits per heavy atom. The number of halogens is 1. The van der Waals surface area contributed by atoms with E-state index >= 15 is 0 Å². The van der Waals surface area contributed by atoms with Gasteiger partial charge in [-0.3, -0.25) is 14.4 Å². The van der Waals surface area contributed by atoms with Gasteiger partial charge in [0.15, 0.2) is 0 Å². The van der Waals surface area contributed by atoms with Gasteiger partial charge in [-0.05, 0) is 43.1 Å². The molecule has 6 nitrogen and oxygen atoms in total. The zero-order chi connectivity index (χ0) is 19.0. The highest BCUT2D eigenvalue weighted by Gasteiger charge is 2.47. The highest BCUT2D eigenvalue weighted by Crippen LogP contribution is 2.44. The molecule has 2 fully saturated rings. The number of likely N-dealkylation sites (tertiary alicyclic amines) is 2. The van der Waals surface area contributed by atoms with Crippen LogP contribution in [-0.4, -0.2) is 59.3 Å². The van der Waals surface area contributed by atoms with Gasteiger partial charge in [0.2, 0.25) is 5.91 Å². The van der Waals surface area contributed by atoms with Crippen LogP contribution in [0.2, 0.25) is 0 Å². The summed E-state index contributed by atoms with van der Waals surface area (Å²) in [6, 6.07) is 10.7. The number of methoxy groups -OCH3 is 1. The maximum Gasteiger partial charge on any atom is 0.222 e. The van der Waals surface area contributed by atoms with Crippen LogP contribution in [0.5, 0.6) is 5.75 Å². The number of amides is 1. The molecule has 0 saturated carbocycles. The summed E-state index contributed by atoms with van der Waals surface area (Å²) in [5.74, 6) is 2.21. The standard InChI is InChI=1S/C21H28N4O2.ClH/c1-23-12-16-13-25(20(26)9-6-17-10-11-22-24(17)2)14-19(16)21(23)15-4-7-18(27-3)8-5-15;/h4-5,7-8,10-11,16,19,21H,6,9,12-14H2,1-3H3;1H/t16-,19+,21+;/m0./s1. The fourth-order valence-electron chi connectivity index (χ4n) is 4.80. The average Bonchev–Trinajstić information content (AvgIpc) is 3.34. The van der Waals surface area contributed by atoms with Crippen LogP contribution in [0.3, 0.4) is 0 Å². The smallest absolute Gasteiger partial charge is 0.222 e. The molecule has 0 unspecified atom stereocenters. The highest BCUT2D eigenvalue weighted by molar-refractivity contribution is 5.85. The summed E-state index contributed by atoms with van der Waals surface area (Å²) >= 11 is 0. The van der Waals surface area contributed by atoms with Crippen molar-refractivity contribution in [1.29, 1.82) is 0 Å². The van der Waals surface area contributed by atoms with Gasteiger partial charge in [0.05, 0.1) is 7.11 Å². The van der Waals surface area contributed by atoms with Crippen LogP contribution in [0.1, 0.15) is 23.7 Å². The van der Waals surface area contributed by atoms with Crippen molar-refractivity contribution < 1.29 is 9.53 Å². The topological polar surface area (TPSA) is 50.6 Å². The Morgan fingerprint density at radius 1 is 1.14 bits per heavy atom. The summed E-state index contributed by atoms with van der Waals surface area (Å²) in [6.07, 6.45) is 3.10. The Kier molecular flexibility index (Phi) is 6.30. The second kappa shape index (κ2) is 8.53. The monoisotopic (exact) mass is 404 g/mol. The lowest BCUT2D eigenvalue weighted by Crippen LogP contribution is -2.33. The Hall–Kier alpha value is -2.05. The molecule has 1 aromatic heterocycles. The van der Waals surface area contributed by atoms with Gasteiger partial charge in [0.25, 0.3) is 0 Å². The summed E-state index contributed by atoms with van der Waals surface area (Å²) in [6.45, 7) is 2.79. The first kappa shape index (κ1) is 20.7. The molecule has 1 aromatic carbocycles. The molecule has 2 saturated heterocycles. The van der Waals surface area contributed by atoms with E-state index in [2.05, 4.69) is 34.1 Å². The van der Waals surface area contributed by atoms with E-state index in [4.69, 9.17) is 4.74 Å². The third-order valence-electron chi connectivity index (χ3n) is 6.22. The molecule has 0 radical (unpaired) electrons. The molecule has 3 atom stereocenters. The van der Waals surface area contributed by atoms with E-state index in [0.717, 1.165) is 37.5 Å². The second-order valence-electron chi connectivity index (χ2n) is 7.83. The number of carbonyl (C=O) groups excluding carboxylic acids is 1. The van der Waals surface area contributed by atoms with Crippen molar-refractivity contribution in [3.8, 4) is 5.75 Å². The lowest BCUT2D eigenvalue weighted by atomic mass is 9.89. The van der Waals surface area contributed by atoms with E-state index in [1.54, 1.807) is 13.3 Å². The van der Waals surface area contributed by atoms with Crippen LogP contribution in [-0.2, 0) is 18.3 Å². The number of fused-ring (bicyclic) bond motifs is 1. The average molecular weight is 405 g/mol. The SMILES string of the molecule is COc1ccc([C@@H]2[C@@H]3CN(C(=O)CCc4ccnn4C)C[C@@H]3CN2C)cc1.Cl. The van der Waals surface area contributed by atoms with Gasteiger partial charge >= 0.3 is 0 Å². The first-order valence-electron chi connectivity index (χ1n) is 9.65. The molecular formula is C21H29ClN4O2. The number of rotatable bonds is 5. The summed E-state index contributed by atoms with van der Waals surface area (Å²) in [7, 11) is 5.82. The first-order valence-corrected chi connectivity index (χ1v) is 9.65. The van der Waals surface area contributed by atoms with Gasteiger partial charge in [-0.1, -0.05) is 12.1 Å². The predicted octanol–water partition coefficient (Wildman–Crippen LogP) is 2.54. The molecule has 2 aliphatic heterocycles. The van der Waals surface area contributed by atoms with E-state index in [1.807, 2.05) is 29.9 Å². The summed E-state index contributed by atoms with van der Waals surface area (Å²) in [4.78, 5) is 17.3. The minimum Gasteiger partial charge on any atom is -0.497 e. The Balaban J connectivity index is 0.00000225. The van der Waals surface area contributed by atoms with Crippen LogP contribution >= 0.6 is 12.4 Å². The van der Waals surface area contributed by atoms with E-state index in [1.165, 1.54) is 5.56 Å². The quantitative estimate of drug-likeness (QED) is 0.768. The molecule has 3 heterocycles. The number of hydrogen-bond donors (Lipinski definition) is 0. The van der Waals surface area contributed by atoms with Gasteiger partial charge in [-0.25, -0.2) is 0 Å². The molecule has 7 heteroatoms. The van der Waals surface area contributed by atoms with Crippen LogP contribution in [0.4, 0.5) is 0 Å². The molecule has 4 rings (SSSR count). The van der Waals surface area contributed by atoms with Crippen molar-refractivity contribution in [2.24, 2.45) is 18.9 Å². The maximum atomic E-state index is 12.8. The minimum atomic E-state index is 0. The minimum absolute atomic E-state index is 0. The number of benzene rings is 1. The van der Waals surface area contributed by atoms with Crippen molar-refractivity contribution in [3.63, 3.8) is 0 Å². The van der Waals surface area contributed by atoms with Crippen molar-refractivity contribution in [1.82, 2.24) is 19.6 Å². The van der Waals surface area contributed by atoms with E-state index in [0.29, 0.717) is 24.3 Å². The number of ether oxygens (including phenoxy) is 1. The number of nitrogens with zero attached hydrogens (tertiary/aromatic N) is 4. The second-order valence-corrected chi connectivity index (χ2v) is 7.83. The third-order valence-corrected chi connectivity index (χ3v) is 6.22. The zero-order valence-electron chi connectivity index (χ0n) is 16.7. The Bertz CT molecular complexity index is 807. The van der Waals surface area contributed by atoms with Crippen molar-refractivity contribution in [2.75, 3.05) is 33.8 Å².